The first-order valence-electron chi connectivity index (χ1n) is 7.24. The third-order valence-electron chi connectivity index (χ3n) is 3.12. The number of halogens is 1. The SMILES string of the molecule is Cc1n[nH]c(=S)n1CCNC(=O)c1cc(Cl)ccc1OC(C)C. The quantitative estimate of drug-likeness (QED) is 0.782. The smallest absolute Gasteiger partial charge is 0.255 e. The van der Waals surface area contributed by atoms with Gasteiger partial charge in [-0.2, -0.15) is 5.10 Å². The van der Waals surface area contributed by atoms with Crippen LogP contribution in [0.3, 0.4) is 0 Å². The molecule has 0 atom stereocenters. The lowest BCUT2D eigenvalue weighted by Gasteiger charge is -2.14. The average Bonchev–Trinajstić information content (AvgIpc) is 2.80. The molecule has 2 aromatic rings. The van der Waals surface area contributed by atoms with E-state index < -0.39 is 0 Å². The van der Waals surface area contributed by atoms with Crippen molar-refractivity contribution in [1.29, 1.82) is 0 Å². The second kappa shape index (κ2) is 7.61. The Bertz CT molecular complexity index is 754. The average molecular weight is 355 g/mol. The fraction of sp³-hybridized carbons (Fsp3) is 0.400. The summed E-state index contributed by atoms with van der Waals surface area (Å²) >= 11 is 11.1. The highest BCUT2D eigenvalue weighted by Crippen LogP contribution is 2.23. The topological polar surface area (TPSA) is 71.9 Å². The number of ether oxygens (including phenoxy) is 1. The van der Waals surface area contributed by atoms with Gasteiger partial charge in [-0.25, -0.2) is 0 Å². The van der Waals surface area contributed by atoms with E-state index in [0.717, 1.165) is 5.82 Å². The molecule has 0 aliphatic rings. The lowest BCUT2D eigenvalue weighted by molar-refractivity contribution is 0.0946. The number of nitrogens with zero attached hydrogens (tertiary/aromatic N) is 2. The van der Waals surface area contributed by atoms with E-state index in [9.17, 15) is 4.79 Å². The molecule has 0 aliphatic carbocycles. The van der Waals surface area contributed by atoms with E-state index in [0.29, 0.717) is 34.2 Å². The number of nitrogens with one attached hydrogen (secondary N) is 2. The number of carbonyl (C=O) groups is 1. The molecule has 0 unspecified atom stereocenters. The standard InChI is InChI=1S/C15H19ClN4O2S/c1-9(2)22-13-5-4-11(16)8-12(13)14(21)17-6-7-20-10(3)18-19-15(20)23/h4-5,8-9H,6-7H2,1-3H3,(H,17,21)(H,19,23). The highest BCUT2D eigenvalue weighted by Gasteiger charge is 2.14. The van der Waals surface area contributed by atoms with E-state index in [-0.39, 0.29) is 12.0 Å². The Labute approximate surface area is 144 Å². The molecule has 1 heterocycles. The molecule has 1 aromatic carbocycles. The third kappa shape index (κ3) is 4.56. The van der Waals surface area contributed by atoms with Crippen molar-refractivity contribution in [3.63, 3.8) is 0 Å². The van der Waals surface area contributed by atoms with Gasteiger partial charge in [0.1, 0.15) is 11.6 Å². The van der Waals surface area contributed by atoms with Gasteiger partial charge in [0.2, 0.25) is 0 Å². The van der Waals surface area contributed by atoms with Crippen molar-refractivity contribution >= 4 is 29.7 Å². The number of aryl methyl sites for hydroxylation is 1. The summed E-state index contributed by atoms with van der Waals surface area (Å²) in [5, 5.41) is 10.1. The molecule has 1 aromatic heterocycles. The van der Waals surface area contributed by atoms with E-state index in [1.807, 2.05) is 25.3 Å². The second-order valence-corrected chi connectivity index (χ2v) is 6.11. The van der Waals surface area contributed by atoms with E-state index in [1.54, 1.807) is 18.2 Å². The zero-order chi connectivity index (χ0) is 17.0. The van der Waals surface area contributed by atoms with E-state index in [2.05, 4.69) is 15.5 Å². The molecule has 1 amide bonds. The molecule has 0 saturated carbocycles. The molecule has 2 N–H and O–H groups in total. The zero-order valence-electron chi connectivity index (χ0n) is 13.2. The summed E-state index contributed by atoms with van der Waals surface area (Å²) in [6, 6.07) is 5.00. The van der Waals surface area contributed by atoms with Crippen molar-refractivity contribution in [2.24, 2.45) is 0 Å². The Kier molecular flexibility index (Phi) is 5.79. The van der Waals surface area contributed by atoms with Crippen LogP contribution in [0.5, 0.6) is 5.75 Å². The Morgan fingerprint density at radius 1 is 1.52 bits per heavy atom. The van der Waals surface area contributed by atoms with Crippen LogP contribution in [-0.2, 0) is 6.54 Å². The molecule has 23 heavy (non-hydrogen) atoms. The second-order valence-electron chi connectivity index (χ2n) is 5.29. The Hall–Kier alpha value is -1.86. The first-order valence-corrected chi connectivity index (χ1v) is 8.03. The Morgan fingerprint density at radius 3 is 2.87 bits per heavy atom. The maximum atomic E-state index is 12.4. The van der Waals surface area contributed by atoms with Crippen LogP contribution in [-0.4, -0.2) is 33.3 Å². The molecule has 6 nitrogen and oxygen atoms in total. The van der Waals surface area contributed by atoms with Gasteiger partial charge in [0.05, 0.1) is 11.7 Å². The summed E-state index contributed by atoms with van der Waals surface area (Å²) < 4.78 is 8.00. The highest BCUT2D eigenvalue weighted by atomic mass is 35.5. The molecule has 0 fully saturated rings. The first kappa shape index (κ1) is 17.5. The van der Waals surface area contributed by atoms with Gasteiger partial charge in [0.25, 0.3) is 5.91 Å². The number of H-pyrrole nitrogens is 1. The van der Waals surface area contributed by atoms with Crippen molar-refractivity contribution < 1.29 is 9.53 Å². The molecule has 8 heteroatoms. The molecule has 0 bridgehead atoms. The Balaban J connectivity index is 2.06. The largest absolute Gasteiger partial charge is 0.490 e. The number of hydrogen-bond acceptors (Lipinski definition) is 4. The molecule has 0 spiro atoms. The van der Waals surface area contributed by atoms with Crippen molar-refractivity contribution in [2.75, 3.05) is 6.54 Å². The van der Waals surface area contributed by atoms with Crippen LogP contribution in [0.15, 0.2) is 18.2 Å². The van der Waals surface area contributed by atoms with Crippen LogP contribution in [0.25, 0.3) is 0 Å². The molecular formula is C15H19ClN4O2S. The number of amides is 1. The first-order chi connectivity index (χ1) is 10.9. The maximum Gasteiger partial charge on any atom is 0.255 e. The number of aromatic amines is 1. The minimum absolute atomic E-state index is 0.0327. The number of aromatic nitrogens is 3. The number of hydrogen-bond donors (Lipinski definition) is 2. The van der Waals surface area contributed by atoms with Gasteiger partial charge in [-0.15, -0.1) is 0 Å². The van der Waals surface area contributed by atoms with Crippen molar-refractivity contribution in [2.45, 2.75) is 33.4 Å². The minimum atomic E-state index is -0.240. The zero-order valence-corrected chi connectivity index (χ0v) is 14.8. The number of rotatable bonds is 6. The fourth-order valence-electron chi connectivity index (χ4n) is 2.07. The normalized spacial score (nSPS) is 10.8. The minimum Gasteiger partial charge on any atom is -0.490 e. The van der Waals surface area contributed by atoms with Gasteiger partial charge in [-0.05, 0) is 51.2 Å². The summed E-state index contributed by atoms with van der Waals surface area (Å²) in [4.78, 5) is 12.4. The molecule has 0 aliphatic heterocycles. The lowest BCUT2D eigenvalue weighted by Crippen LogP contribution is -2.28. The number of benzene rings is 1. The molecule has 0 radical (unpaired) electrons. The van der Waals surface area contributed by atoms with Crippen LogP contribution in [0.4, 0.5) is 0 Å². The van der Waals surface area contributed by atoms with E-state index >= 15 is 0 Å². The molecular weight excluding hydrogens is 336 g/mol. The molecule has 0 saturated heterocycles. The van der Waals surface area contributed by atoms with Crippen LogP contribution >= 0.6 is 23.8 Å². The lowest BCUT2D eigenvalue weighted by atomic mass is 10.2. The summed E-state index contributed by atoms with van der Waals surface area (Å²) in [5.41, 5.74) is 0.415. The predicted molar refractivity (Wildman–Crippen MR) is 91.7 cm³/mol. The van der Waals surface area contributed by atoms with Gasteiger partial charge in [-0.1, -0.05) is 11.6 Å². The summed E-state index contributed by atoms with van der Waals surface area (Å²) in [5.74, 6) is 1.05. The van der Waals surface area contributed by atoms with Gasteiger partial charge in [0, 0.05) is 18.1 Å². The van der Waals surface area contributed by atoms with Crippen molar-refractivity contribution in [3.05, 3.63) is 39.4 Å². The monoisotopic (exact) mass is 354 g/mol. The summed E-state index contributed by atoms with van der Waals surface area (Å²) in [7, 11) is 0. The number of carbonyl (C=O) groups excluding carboxylic acids is 1. The maximum absolute atomic E-state index is 12.4. The summed E-state index contributed by atoms with van der Waals surface area (Å²) in [6.07, 6.45) is -0.0327. The van der Waals surface area contributed by atoms with Crippen LogP contribution in [0, 0.1) is 11.7 Å². The Morgan fingerprint density at radius 2 is 2.26 bits per heavy atom. The van der Waals surface area contributed by atoms with Crippen molar-refractivity contribution in [3.8, 4) is 5.75 Å². The van der Waals surface area contributed by atoms with Gasteiger partial charge in [-0.3, -0.25) is 9.89 Å². The van der Waals surface area contributed by atoms with Crippen LogP contribution in [0.1, 0.15) is 30.0 Å². The third-order valence-corrected chi connectivity index (χ3v) is 3.67. The van der Waals surface area contributed by atoms with Gasteiger partial charge >= 0.3 is 0 Å². The van der Waals surface area contributed by atoms with Crippen LogP contribution in [0.2, 0.25) is 5.02 Å². The van der Waals surface area contributed by atoms with Crippen molar-refractivity contribution in [1.82, 2.24) is 20.1 Å². The van der Waals surface area contributed by atoms with Gasteiger partial charge in [0.15, 0.2) is 4.77 Å². The highest BCUT2D eigenvalue weighted by molar-refractivity contribution is 7.71. The van der Waals surface area contributed by atoms with Crippen LogP contribution < -0.4 is 10.1 Å². The summed E-state index contributed by atoms with van der Waals surface area (Å²) in [6.45, 7) is 6.61. The van der Waals surface area contributed by atoms with E-state index in [1.165, 1.54) is 0 Å². The predicted octanol–water partition coefficient (Wildman–Crippen LogP) is 3.12. The van der Waals surface area contributed by atoms with Gasteiger partial charge < -0.3 is 14.6 Å². The molecule has 124 valence electrons. The fourth-order valence-corrected chi connectivity index (χ4v) is 2.51. The molecule has 2 rings (SSSR count). The van der Waals surface area contributed by atoms with E-state index in [4.69, 9.17) is 28.6 Å².